The molecule has 7 aromatic carbocycles. The molecule has 0 bridgehead atoms. The molecule has 0 spiro atoms. The Bertz CT molecular complexity index is 2850. The van der Waals surface area contributed by atoms with Crippen molar-refractivity contribution in [2.24, 2.45) is 0 Å². The number of hydrogen-bond acceptors (Lipinski definition) is 2. The van der Waals surface area contributed by atoms with Gasteiger partial charge in [-0.2, -0.15) is 0 Å². The molecule has 1 aliphatic heterocycles. The zero-order chi connectivity index (χ0) is 34.2. The lowest BCUT2D eigenvalue weighted by atomic mass is 9.88. The highest BCUT2D eigenvalue weighted by atomic mass is 32.1. The summed E-state index contributed by atoms with van der Waals surface area (Å²) in [7, 11) is 0. The van der Waals surface area contributed by atoms with Gasteiger partial charge in [0.1, 0.15) is 0 Å². The average Bonchev–Trinajstić information content (AvgIpc) is 3.77. The normalized spacial score (nSPS) is 15.3. The Hall–Kier alpha value is -6.16. The maximum absolute atomic E-state index is 2.56. The van der Waals surface area contributed by atoms with Crippen LogP contribution in [0, 0.1) is 0 Å². The third-order valence-electron chi connectivity index (χ3n) is 11.2. The van der Waals surface area contributed by atoms with Crippen molar-refractivity contribution < 1.29 is 0 Å². The molecule has 2 nitrogen and oxygen atoms in total. The van der Waals surface area contributed by atoms with Crippen LogP contribution in [0.15, 0.2) is 176 Å². The van der Waals surface area contributed by atoms with Crippen LogP contribution in [-0.4, -0.2) is 4.57 Å². The molecule has 0 saturated heterocycles. The molecule has 9 aromatic rings. The molecule has 246 valence electrons. The van der Waals surface area contributed by atoms with Crippen LogP contribution in [-0.2, 0) is 6.54 Å². The Morgan fingerprint density at radius 3 is 2.02 bits per heavy atom. The number of fused-ring (bicyclic) bond motifs is 10. The van der Waals surface area contributed by atoms with Crippen molar-refractivity contribution in [1.82, 2.24) is 4.57 Å². The predicted octanol–water partition coefficient (Wildman–Crippen LogP) is 13.7. The van der Waals surface area contributed by atoms with E-state index in [4.69, 9.17) is 0 Å². The van der Waals surface area contributed by atoms with Crippen LogP contribution >= 0.6 is 11.3 Å². The molecule has 0 amide bonds. The Morgan fingerprint density at radius 1 is 0.558 bits per heavy atom. The number of aromatic nitrogens is 1. The van der Waals surface area contributed by atoms with Crippen molar-refractivity contribution in [2.45, 2.75) is 18.9 Å². The smallest absolute Gasteiger partial charge is 0.0588 e. The second kappa shape index (κ2) is 11.7. The van der Waals surface area contributed by atoms with Crippen LogP contribution < -0.4 is 4.90 Å². The molecular weight excluding hydrogens is 649 g/mol. The van der Waals surface area contributed by atoms with Crippen LogP contribution in [0.4, 0.5) is 11.4 Å². The summed E-state index contributed by atoms with van der Waals surface area (Å²) in [5.41, 5.74) is 14.2. The van der Waals surface area contributed by atoms with Gasteiger partial charge in [-0.15, -0.1) is 11.3 Å². The molecule has 1 unspecified atom stereocenters. The lowest BCUT2D eigenvalue weighted by Gasteiger charge is -2.34. The fraction of sp³-hybridized carbons (Fsp3) is 0.0612. The van der Waals surface area contributed by atoms with Gasteiger partial charge in [0, 0.05) is 60.4 Å². The van der Waals surface area contributed by atoms with E-state index in [1.165, 1.54) is 92.4 Å². The van der Waals surface area contributed by atoms with Gasteiger partial charge in [-0.25, -0.2) is 0 Å². The zero-order valence-corrected chi connectivity index (χ0v) is 29.4. The molecule has 3 heterocycles. The summed E-state index contributed by atoms with van der Waals surface area (Å²) in [4.78, 5) is 2.56. The molecule has 0 fully saturated rings. The van der Waals surface area contributed by atoms with Crippen molar-refractivity contribution in [3.05, 3.63) is 187 Å². The molecule has 1 atom stereocenters. The molecule has 2 aliphatic rings. The van der Waals surface area contributed by atoms with Crippen molar-refractivity contribution in [3.8, 4) is 22.3 Å². The first-order chi connectivity index (χ1) is 25.8. The fourth-order valence-electron chi connectivity index (χ4n) is 8.67. The minimum atomic E-state index is 0.337. The number of thiophene rings is 1. The number of hydrogen-bond donors (Lipinski definition) is 0. The Labute approximate surface area is 306 Å². The van der Waals surface area contributed by atoms with Gasteiger partial charge in [-0.05, 0) is 82.8 Å². The monoisotopic (exact) mass is 682 g/mol. The molecular formula is C49H34N2S. The zero-order valence-electron chi connectivity index (χ0n) is 28.5. The molecule has 3 heteroatoms. The predicted molar refractivity (Wildman–Crippen MR) is 223 cm³/mol. The first-order valence-corrected chi connectivity index (χ1v) is 19.0. The van der Waals surface area contributed by atoms with Gasteiger partial charge in [-0.3, -0.25) is 0 Å². The largest absolute Gasteiger partial charge is 0.336 e. The molecule has 0 N–H and O–H groups in total. The second-order valence-corrected chi connectivity index (χ2v) is 15.1. The van der Waals surface area contributed by atoms with E-state index < -0.39 is 0 Å². The van der Waals surface area contributed by atoms with Gasteiger partial charge >= 0.3 is 0 Å². The highest BCUT2D eigenvalue weighted by Crippen LogP contribution is 2.51. The van der Waals surface area contributed by atoms with E-state index in [2.05, 4.69) is 185 Å². The quantitative estimate of drug-likeness (QED) is 0.179. The Morgan fingerprint density at radius 2 is 1.27 bits per heavy atom. The molecule has 2 aromatic heterocycles. The average molecular weight is 683 g/mol. The Kier molecular flexibility index (Phi) is 6.65. The number of nitrogens with zero attached hydrogens (tertiary/aromatic N) is 2. The first kappa shape index (κ1) is 29.6. The minimum Gasteiger partial charge on any atom is -0.336 e. The summed E-state index contributed by atoms with van der Waals surface area (Å²) < 4.78 is 5.09. The van der Waals surface area contributed by atoms with Gasteiger partial charge in [0.15, 0.2) is 0 Å². The van der Waals surface area contributed by atoms with Crippen LogP contribution in [0.2, 0.25) is 0 Å². The topological polar surface area (TPSA) is 8.17 Å². The van der Waals surface area contributed by atoms with Gasteiger partial charge in [0.2, 0.25) is 0 Å². The summed E-state index contributed by atoms with van der Waals surface area (Å²) in [6.07, 6.45) is 8.10. The van der Waals surface area contributed by atoms with E-state index in [0.29, 0.717) is 5.92 Å². The lowest BCUT2D eigenvalue weighted by molar-refractivity contribution is 0.849. The maximum Gasteiger partial charge on any atom is 0.0588 e. The van der Waals surface area contributed by atoms with E-state index in [0.717, 1.165) is 13.0 Å². The summed E-state index contributed by atoms with van der Waals surface area (Å²) in [5.74, 6) is 0.337. The summed E-state index contributed by atoms with van der Waals surface area (Å²) in [6, 6.07) is 58.2. The van der Waals surface area contributed by atoms with E-state index in [-0.39, 0.29) is 0 Å². The standard InChI is InChI=1S/C49H34N2S/c1-2-10-32(11-3-1)35-18-19-36-31-50(49-41(43(36)30-35)28-29-47-48(49)42-14-6-9-17-46(42)52-47)37-24-20-33(21-25-37)34-22-26-38(27-23-34)51-44-15-7-4-12-39(44)40-13-5-8-16-45(40)51/h1-22,24-30,34H,23,31H2. The number of allylic oxidation sites excluding steroid dienone is 4. The second-order valence-electron chi connectivity index (χ2n) is 14.0. The van der Waals surface area contributed by atoms with Gasteiger partial charge < -0.3 is 9.47 Å². The van der Waals surface area contributed by atoms with Crippen molar-refractivity contribution in [3.63, 3.8) is 0 Å². The number of benzene rings is 7. The maximum atomic E-state index is 2.56. The molecule has 52 heavy (non-hydrogen) atoms. The van der Waals surface area contributed by atoms with Crippen molar-refractivity contribution >= 4 is 70.4 Å². The Balaban J connectivity index is 0.967. The summed E-state index contributed by atoms with van der Waals surface area (Å²) >= 11 is 1.89. The van der Waals surface area contributed by atoms with Crippen molar-refractivity contribution in [1.29, 1.82) is 0 Å². The van der Waals surface area contributed by atoms with E-state index in [9.17, 15) is 0 Å². The van der Waals surface area contributed by atoms with Gasteiger partial charge in [0.25, 0.3) is 0 Å². The van der Waals surface area contributed by atoms with Gasteiger partial charge in [-0.1, -0.05) is 127 Å². The number of anilines is 2. The summed E-state index contributed by atoms with van der Waals surface area (Å²) in [6.45, 7) is 0.828. The minimum absolute atomic E-state index is 0.337. The van der Waals surface area contributed by atoms with Crippen molar-refractivity contribution in [2.75, 3.05) is 4.90 Å². The fourth-order valence-corrected chi connectivity index (χ4v) is 9.77. The highest BCUT2D eigenvalue weighted by molar-refractivity contribution is 7.26. The molecule has 0 radical (unpaired) electrons. The van der Waals surface area contributed by atoms with Crippen LogP contribution in [0.25, 0.3) is 69.9 Å². The van der Waals surface area contributed by atoms with E-state index in [1.807, 2.05) is 11.3 Å². The molecule has 1 aliphatic carbocycles. The van der Waals surface area contributed by atoms with Gasteiger partial charge in [0.05, 0.1) is 16.7 Å². The van der Waals surface area contributed by atoms with E-state index in [1.54, 1.807) is 0 Å². The third-order valence-corrected chi connectivity index (χ3v) is 12.3. The van der Waals surface area contributed by atoms with Crippen LogP contribution in [0.3, 0.4) is 0 Å². The third kappa shape index (κ3) is 4.56. The number of para-hydroxylation sites is 2. The van der Waals surface area contributed by atoms with Crippen LogP contribution in [0.5, 0.6) is 0 Å². The SMILES string of the molecule is C1=CC(c2ccc(N3Cc4ccc(-c5ccccc5)cc4-c4ccc5sc6ccccc6c5c43)cc2)CC=C1n1c2ccccc2c2ccccc21. The summed E-state index contributed by atoms with van der Waals surface area (Å²) in [5, 5.41) is 5.30. The lowest BCUT2D eigenvalue weighted by Crippen LogP contribution is -2.22. The van der Waals surface area contributed by atoms with E-state index >= 15 is 0 Å². The molecule has 11 rings (SSSR count). The van der Waals surface area contributed by atoms with Crippen LogP contribution in [0.1, 0.15) is 23.5 Å². The highest BCUT2D eigenvalue weighted by Gasteiger charge is 2.28. The first-order valence-electron chi connectivity index (χ1n) is 18.2. The molecule has 0 saturated carbocycles. The number of rotatable bonds is 4.